The first-order valence-electron chi connectivity index (χ1n) is 10.1. The third-order valence-corrected chi connectivity index (χ3v) is 7.44. The number of nitrogens with one attached hydrogen (secondary N) is 1. The van der Waals surface area contributed by atoms with Gasteiger partial charge in [0.2, 0.25) is 21.1 Å². The van der Waals surface area contributed by atoms with Gasteiger partial charge >= 0.3 is 0 Å². The van der Waals surface area contributed by atoms with Gasteiger partial charge in [0.1, 0.15) is 30.5 Å². The number of sulfonamides is 1. The fraction of sp³-hybridized carbons (Fsp3) is 0.286. The van der Waals surface area contributed by atoms with E-state index < -0.39 is 22.5 Å². The van der Waals surface area contributed by atoms with Crippen molar-refractivity contribution in [2.75, 3.05) is 42.2 Å². The lowest BCUT2D eigenvalue weighted by Crippen LogP contribution is -2.39. The van der Waals surface area contributed by atoms with Crippen molar-refractivity contribution in [2.24, 2.45) is 0 Å². The standard InChI is InChI=1S/C21H22N4O6S2/c1-3-33(27,28)25(15-6-9-17-18(12-15)31-11-10-30-17)13-19(26)22-21-24-23-20(32-21)14-4-7-16(29-2)8-5-14/h4-9,12H,3,10-11,13H2,1-2H3,(H,22,24,26). The molecule has 0 bridgehead atoms. The van der Waals surface area contributed by atoms with Crippen LogP contribution in [0.4, 0.5) is 10.8 Å². The van der Waals surface area contributed by atoms with E-state index in [1.807, 2.05) is 12.1 Å². The zero-order valence-corrected chi connectivity index (χ0v) is 19.6. The van der Waals surface area contributed by atoms with E-state index in [-0.39, 0.29) is 10.9 Å². The summed E-state index contributed by atoms with van der Waals surface area (Å²) in [4.78, 5) is 12.7. The molecule has 174 valence electrons. The molecule has 12 heteroatoms. The van der Waals surface area contributed by atoms with E-state index in [2.05, 4.69) is 15.5 Å². The van der Waals surface area contributed by atoms with Crippen LogP contribution >= 0.6 is 11.3 Å². The Balaban J connectivity index is 1.50. The molecule has 10 nitrogen and oxygen atoms in total. The lowest BCUT2D eigenvalue weighted by atomic mass is 10.2. The fourth-order valence-electron chi connectivity index (χ4n) is 3.11. The Labute approximate surface area is 195 Å². The molecule has 33 heavy (non-hydrogen) atoms. The summed E-state index contributed by atoms with van der Waals surface area (Å²) >= 11 is 1.18. The van der Waals surface area contributed by atoms with Crippen molar-refractivity contribution < 1.29 is 27.4 Å². The lowest BCUT2D eigenvalue weighted by molar-refractivity contribution is -0.114. The Morgan fingerprint density at radius 1 is 1.12 bits per heavy atom. The van der Waals surface area contributed by atoms with Crippen LogP contribution in [0.25, 0.3) is 10.6 Å². The average molecular weight is 491 g/mol. The van der Waals surface area contributed by atoms with E-state index in [1.165, 1.54) is 18.3 Å². The number of rotatable bonds is 8. The van der Waals surface area contributed by atoms with Gasteiger partial charge in [0.25, 0.3) is 0 Å². The minimum atomic E-state index is -3.74. The molecule has 0 saturated carbocycles. The van der Waals surface area contributed by atoms with Crippen molar-refractivity contribution >= 4 is 38.1 Å². The summed E-state index contributed by atoms with van der Waals surface area (Å²) in [6.07, 6.45) is 0. The number of carbonyl (C=O) groups excluding carboxylic acids is 1. The smallest absolute Gasteiger partial charge is 0.246 e. The number of anilines is 2. The van der Waals surface area contributed by atoms with Gasteiger partial charge in [0, 0.05) is 11.6 Å². The summed E-state index contributed by atoms with van der Waals surface area (Å²) in [5.74, 6) is 0.967. The van der Waals surface area contributed by atoms with Gasteiger partial charge in [0.15, 0.2) is 11.5 Å². The molecule has 0 fully saturated rings. The quantitative estimate of drug-likeness (QED) is 0.512. The Bertz CT molecular complexity index is 1240. The maximum absolute atomic E-state index is 12.7. The molecule has 1 aliphatic heterocycles. The van der Waals surface area contributed by atoms with E-state index in [4.69, 9.17) is 14.2 Å². The number of benzene rings is 2. The summed E-state index contributed by atoms with van der Waals surface area (Å²) in [6, 6.07) is 12.0. The maximum Gasteiger partial charge on any atom is 0.246 e. The monoisotopic (exact) mass is 490 g/mol. The van der Waals surface area contributed by atoms with Crippen molar-refractivity contribution in [3.05, 3.63) is 42.5 Å². The Morgan fingerprint density at radius 2 is 1.85 bits per heavy atom. The molecule has 0 aliphatic carbocycles. The van der Waals surface area contributed by atoms with Crippen molar-refractivity contribution in [1.29, 1.82) is 0 Å². The molecule has 1 amide bonds. The Morgan fingerprint density at radius 3 is 2.55 bits per heavy atom. The molecule has 1 aliphatic rings. The molecule has 0 radical (unpaired) electrons. The van der Waals surface area contributed by atoms with Crippen LogP contribution in [-0.2, 0) is 14.8 Å². The van der Waals surface area contributed by atoms with Crippen LogP contribution in [0.1, 0.15) is 6.92 Å². The molecule has 0 spiro atoms. The lowest BCUT2D eigenvalue weighted by Gasteiger charge is -2.25. The second-order valence-electron chi connectivity index (χ2n) is 6.92. The summed E-state index contributed by atoms with van der Waals surface area (Å²) < 4.78 is 42.7. The predicted molar refractivity (Wildman–Crippen MR) is 125 cm³/mol. The number of aromatic nitrogens is 2. The minimum absolute atomic E-state index is 0.171. The topological polar surface area (TPSA) is 120 Å². The van der Waals surface area contributed by atoms with Gasteiger partial charge in [-0.25, -0.2) is 8.42 Å². The average Bonchev–Trinajstić information content (AvgIpc) is 3.30. The molecule has 3 aromatic rings. The van der Waals surface area contributed by atoms with Crippen LogP contribution in [0, 0.1) is 0 Å². The van der Waals surface area contributed by atoms with Gasteiger partial charge in [0.05, 0.1) is 18.6 Å². The number of fused-ring (bicyclic) bond motifs is 1. The van der Waals surface area contributed by atoms with Crippen molar-refractivity contribution in [3.63, 3.8) is 0 Å². The van der Waals surface area contributed by atoms with Crippen LogP contribution in [0.5, 0.6) is 17.2 Å². The summed E-state index contributed by atoms with van der Waals surface area (Å²) in [5, 5.41) is 11.6. The van der Waals surface area contributed by atoms with Gasteiger partial charge in [-0.2, -0.15) is 0 Å². The van der Waals surface area contributed by atoms with Gasteiger partial charge < -0.3 is 14.2 Å². The number of carbonyl (C=O) groups is 1. The second kappa shape index (κ2) is 9.63. The van der Waals surface area contributed by atoms with Crippen LogP contribution in [-0.4, -0.2) is 57.1 Å². The Hall–Kier alpha value is -3.38. The van der Waals surface area contributed by atoms with Gasteiger partial charge in [-0.05, 0) is 43.3 Å². The fourth-order valence-corrected chi connectivity index (χ4v) is 4.93. The highest BCUT2D eigenvalue weighted by atomic mass is 32.2. The predicted octanol–water partition coefficient (Wildman–Crippen LogP) is 2.78. The van der Waals surface area contributed by atoms with Crippen molar-refractivity contribution in [3.8, 4) is 27.8 Å². The largest absolute Gasteiger partial charge is 0.497 e. The van der Waals surface area contributed by atoms with Crippen LogP contribution < -0.4 is 23.8 Å². The number of hydrogen-bond acceptors (Lipinski definition) is 9. The summed E-state index contributed by atoms with van der Waals surface area (Å²) in [7, 11) is -2.16. The zero-order valence-electron chi connectivity index (χ0n) is 18.0. The molecule has 0 unspecified atom stereocenters. The highest BCUT2D eigenvalue weighted by Crippen LogP contribution is 2.35. The highest BCUT2D eigenvalue weighted by molar-refractivity contribution is 7.92. The molecule has 2 aromatic carbocycles. The first-order chi connectivity index (χ1) is 15.9. The number of nitrogens with zero attached hydrogens (tertiary/aromatic N) is 3. The molecule has 4 rings (SSSR count). The van der Waals surface area contributed by atoms with Gasteiger partial charge in [-0.15, -0.1) is 10.2 Å². The van der Waals surface area contributed by atoms with E-state index >= 15 is 0 Å². The molecule has 1 aromatic heterocycles. The number of ether oxygens (including phenoxy) is 3. The van der Waals surface area contributed by atoms with Crippen molar-refractivity contribution in [1.82, 2.24) is 10.2 Å². The van der Waals surface area contributed by atoms with Crippen molar-refractivity contribution in [2.45, 2.75) is 6.92 Å². The van der Waals surface area contributed by atoms with E-state index in [0.717, 1.165) is 9.87 Å². The molecule has 1 N–H and O–H groups in total. The number of hydrogen-bond donors (Lipinski definition) is 1. The SMILES string of the molecule is CCS(=O)(=O)N(CC(=O)Nc1nnc(-c2ccc(OC)cc2)s1)c1ccc2c(c1)OCCO2. The van der Waals surface area contributed by atoms with Crippen LogP contribution in [0.15, 0.2) is 42.5 Å². The van der Waals surface area contributed by atoms with Crippen LogP contribution in [0.3, 0.4) is 0 Å². The van der Waals surface area contributed by atoms with E-state index in [0.29, 0.717) is 41.2 Å². The highest BCUT2D eigenvalue weighted by Gasteiger charge is 2.26. The Kier molecular flexibility index (Phi) is 6.65. The second-order valence-corrected chi connectivity index (χ2v) is 10.1. The third-order valence-electron chi connectivity index (χ3n) is 4.81. The van der Waals surface area contributed by atoms with E-state index in [9.17, 15) is 13.2 Å². The minimum Gasteiger partial charge on any atom is -0.497 e. The van der Waals surface area contributed by atoms with Gasteiger partial charge in [-0.3, -0.25) is 14.4 Å². The molecular weight excluding hydrogens is 468 g/mol. The molecule has 2 heterocycles. The number of amides is 1. The zero-order chi connectivity index (χ0) is 23.4. The normalized spacial score (nSPS) is 12.8. The third kappa shape index (κ3) is 5.17. The number of methoxy groups -OCH3 is 1. The first kappa shape index (κ1) is 22.8. The summed E-state index contributed by atoms with van der Waals surface area (Å²) in [6.45, 7) is 1.88. The maximum atomic E-state index is 12.7. The molecule has 0 saturated heterocycles. The summed E-state index contributed by atoms with van der Waals surface area (Å²) in [5.41, 5.74) is 1.13. The van der Waals surface area contributed by atoms with Crippen LogP contribution in [0.2, 0.25) is 0 Å². The first-order valence-corrected chi connectivity index (χ1v) is 12.5. The van der Waals surface area contributed by atoms with Gasteiger partial charge in [-0.1, -0.05) is 11.3 Å². The van der Waals surface area contributed by atoms with E-state index in [1.54, 1.807) is 37.4 Å². The molecular formula is C21H22N4O6S2. The molecule has 0 atom stereocenters.